The van der Waals surface area contributed by atoms with Crippen LogP contribution in [0.2, 0.25) is 0 Å². The fourth-order valence-corrected chi connectivity index (χ4v) is 3.10. The number of aromatic nitrogens is 1. The third kappa shape index (κ3) is 3.90. The monoisotopic (exact) mass is 388 g/mol. The number of nitrogens with one attached hydrogen (secondary N) is 1. The van der Waals surface area contributed by atoms with E-state index >= 15 is 0 Å². The number of para-hydroxylation sites is 2. The van der Waals surface area contributed by atoms with Gasteiger partial charge in [-0.25, -0.2) is 0 Å². The number of aryl methyl sites for hydroxylation is 1. The van der Waals surface area contributed by atoms with Crippen molar-refractivity contribution in [1.82, 2.24) is 4.57 Å². The Bertz CT molecular complexity index is 999. The number of amides is 1. The summed E-state index contributed by atoms with van der Waals surface area (Å²) in [6.07, 6.45) is 0.231. The maximum Gasteiger partial charge on any atom is 0.269 e. The summed E-state index contributed by atoms with van der Waals surface area (Å²) in [4.78, 5) is 12.8. The molecule has 7 nitrogen and oxygen atoms in total. The Morgan fingerprint density at radius 2 is 1.78 bits per heavy atom. The van der Waals surface area contributed by atoms with Gasteiger partial charge in [0, 0.05) is 30.8 Å². The minimum absolute atomic E-state index is 0.170. The van der Waals surface area contributed by atoms with Gasteiger partial charge in [0.1, 0.15) is 0 Å². The molecule has 1 aromatic heterocycles. The number of carbonyl (C=O) groups is 1. The maximum atomic E-state index is 12.4. The highest BCUT2D eigenvalue weighted by molar-refractivity contribution is 7.71. The summed E-state index contributed by atoms with van der Waals surface area (Å²) < 4.78 is 23.2. The number of benzene rings is 2. The summed E-state index contributed by atoms with van der Waals surface area (Å²) in [5.74, 6) is 1.23. The van der Waals surface area contributed by atoms with Crippen LogP contribution in [0.3, 0.4) is 0 Å². The number of hydrogen-bond donors (Lipinski definition) is 1. The number of oxazole rings is 1. The van der Waals surface area contributed by atoms with Crippen LogP contribution >= 0.6 is 12.2 Å². The van der Waals surface area contributed by atoms with Crippen LogP contribution in [-0.4, -0.2) is 31.8 Å². The predicted molar refractivity (Wildman–Crippen MR) is 104 cm³/mol. The molecule has 1 amide bonds. The lowest BCUT2D eigenvalue weighted by Gasteiger charge is -2.14. The molecular weight excluding hydrogens is 368 g/mol. The third-order valence-electron chi connectivity index (χ3n) is 4.08. The molecule has 0 bridgehead atoms. The van der Waals surface area contributed by atoms with E-state index in [2.05, 4.69) is 5.32 Å². The van der Waals surface area contributed by atoms with Crippen molar-refractivity contribution in [1.29, 1.82) is 0 Å². The second-order valence-corrected chi connectivity index (χ2v) is 6.05. The molecule has 0 aliphatic heterocycles. The zero-order valence-electron chi connectivity index (χ0n) is 15.3. The average molecular weight is 388 g/mol. The average Bonchev–Trinajstić information content (AvgIpc) is 3.00. The molecule has 2 aromatic carbocycles. The molecule has 0 saturated heterocycles. The molecule has 0 spiro atoms. The van der Waals surface area contributed by atoms with E-state index in [0.29, 0.717) is 39.9 Å². The lowest BCUT2D eigenvalue weighted by molar-refractivity contribution is -0.116. The lowest BCUT2D eigenvalue weighted by Crippen LogP contribution is -2.14. The van der Waals surface area contributed by atoms with Crippen LogP contribution in [-0.2, 0) is 11.3 Å². The van der Waals surface area contributed by atoms with E-state index in [4.69, 9.17) is 30.8 Å². The minimum Gasteiger partial charge on any atom is -0.493 e. The van der Waals surface area contributed by atoms with E-state index in [0.717, 1.165) is 5.52 Å². The summed E-state index contributed by atoms with van der Waals surface area (Å²) in [6, 6.07) is 10.9. The molecule has 142 valence electrons. The van der Waals surface area contributed by atoms with Crippen LogP contribution in [0.15, 0.2) is 40.8 Å². The quantitative estimate of drug-likeness (QED) is 0.616. The van der Waals surface area contributed by atoms with E-state index in [-0.39, 0.29) is 12.3 Å². The van der Waals surface area contributed by atoms with Gasteiger partial charge < -0.3 is 23.9 Å². The molecule has 3 rings (SSSR count). The van der Waals surface area contributed by atoms with Gasteiger partial charge in [0.2, 0.25) is 11.7 Å². The Kier molecular flexibility index (Phi) is 5.66. The van der Waals surface area contributed by atoms with Gasteiger partial charge in [-0.2, -0.15) is 0 Å². The number of nitrogens with zero attached hydrogens (tertiary/aromatic N) is 1. The predicted octanol–water partition coefficient (Wildman–Crippen LogP) is 4.02. The first kappa shape index (κ1) is 18.8. The van der Waals surface area contributed by atoms with Crippen molar-refractivity contribution in [3.8, 4) is 17.2 Å². The molecule has 1 heterocycles. The van der Waals surface area contributed by atoms with Crippen LogP contribution in [0.5, 0.6) is 17.2 Å². The molecule has 0 aliphatic carbocycles. The van der Waals surface area contributed by atoms with E-state index in [9.17, 15) is 4.79 Å². The second-order valence-electron chi connectivity index (χ2n) is 5.70. The summed E-state index contributed by atoms with van der Waals surface area (Å²) in [6.45, 7) is 0.409. The number of hydrogen-bond acceptors (Lipinski definition) is 6. The van der Waals surface area contributed by atoms with E-state index in [1.807, 2.05) is 24.3 Å². The molecule has 0 atom stereocenters. The Labute approximate surface area is 161 Å². The number of carbonyl (C=O) groups excluding carboxylic acids is 1. The van der Waals surface area contributed by atoms with Crippen molar-refractivity contribution < 1.29 is 23.4 Å². The van der Waals surface area contributed by atoms with Gasteiger partial charge in [-0.3, -0.25) is 9.36 Å². The third-order valence-corrected chi connectivity index (χ3v) is 4.39. The topological polar surface area (TPSA) is 74.9 Å². The SMILES string of the molecule is COc1cc(NC(=O)CCn2c(=S)oc3ccccc32)cc(OC)c1OC. The summed E-state index contributed by atoms with van der Waals surface area (Å²) >= 11 is 5.25. The van der Waals surface area contributed by atoms with E-state index < -0.39 is 0 Å². The van der Waals surface area contributed by atoms with Gasteiger partial charge in [-0.1, -0.05) is 12.1 Å². The largest absolute Gasteiger partial charge is 0.493 e. The maximum absolute atomic E-state index is 12.4. The number of methoxy groups -OCH3 is 3. The summed E-state index contributed by atoms with van der Waals surface area (Å²) in [7, 11) is 4.57. The minimum atomic E-state index is -0.170. The zero-order valence-corrected chi connectivity index (χ0v) is 16.1. The Morgan fingerprint density at radius 3 is 2.41 bits per heavy atom. The van der Waals surface area contributed by atoms with Gasteiger partial charge in [-0.15, -0.1) is 0 Å². The molecule has 0 radical (unpaired) electrons. The number of fused-ring (bicyclic) bond motifs is 1. The molecule has 8 heteroatoms. The Balaban J connectivity index is 1.74. The normalized spacial score (nSPS) is 10.6. The van der Waals surface area contributed by atoms with Crippen molar-refractivity contribution >= 4 is 34.9 Å². The number of rotatable bonds is 7. The standard InChI is InChI=1S/C19H20N2O5S/c1-23-15-10-12(11-16(24-2)18(15)25-3)20-17(22)8-9-21-13-6-4-5-7-14(13)26-19(21)27/h4-7,10-11H,8-9H2,1-3H3,(H,20,22). The molecule has 0 unspecified atom stereocenters. The second kappa shape index (κ2) is 8.13. The van der Waals surface area contributed by atoms with Gasteiger partial charge in [0.05, 0.1) is 26.8 Å². The van der Waals surface area contributed by atoms with Crippen molar-refractivity contribution in [2.75, 3.05) is 26.6 Å². The number of ether oxygens (including phenoxy) is 3. The smallest absolute Gasteiger partial charge is 0.269 e. The van der Waals surface area contributed by atoms with Crippen LogP contribution in [0, 0.1) is 4.84 Å². The first-order valence-corrected chi connectivity index (χ1v) is 8.66. The van der Waals surface area contributed by atoms with Crippen LogP contribution in [0.1, 0.15) is 6.42 Å². The first-order valence-electron chi connectivity index (χ1n) is 8.25. The van der Waals surface area contributed by atoms with Crippen LogP contribution < -0.4 is 19.5 Å². The van der Waals surface area contributed by atoms with Crippen molar-refractivity contribution in [3.05, 3.63) is 41.2 Å². The number of anilines is 1. The summed E-state index contributed by atoms with van der Waals surface area (Å²) in [5.41, 5.74) is 2.12. The van der Waals surface area contributed by atoms with Gasteiger partial charge in [-0.05, 0) is 24.4 Å². The molecule has 0 fully saturated rings. The zero-order chi connectivity index (χ0) is 19.4. The van der Waals surface area contributed by atoms with E-state index in [1.165, 1.54) is 21.3 Å². The van der Waals surface area contributed by atoms with Crippen molar-refractivity contribution in [3.63, 3.8) is 0 Å². The molecule has 0 saturated carbocycles. The van der Waals surface area contributed by atoms with Gasteiger partial charge in [0.15, 0.2) is 17.1 Å². The highest BCUT2D eigenvalue weighted by Crippen LogP contribution is 2.39. The molecule has 1 N–H and O–H groups in total. The highest BCUT2D eigenvalue weighted by atomic mass is 32.1. The Hall–Kier alpha value is -3.00. The van der Waals surface area contributed by atoms with Gasteiger partial charge in [0.25, 0.3) is 4.84 Å². The fraction of sp³-hybridized carbons (Fsp3) is 0.263. The lowest BCUT2D eigenvalue weighted by atomic mass is 10.2. The van der Waals surface area contributed by atoms with Crippen molar-refractivity contribution in [2.45, 2.75) is 13.0 Å². The van der Waals surface area contributed by atoms with Crippen LogP contribution in [0.25, 0.3) is 11.1 Å². The van der Waals surface area contributed by atoms with Crippen LogP contribution in [0.4, 0.5) is 5.69 Å². The molecule has 0 aliphatic rings. The molecular formula is C19H20N2O5S. The molecule has 27 heavy (non-hydrogen) atoms. The summed E-state index contributed by atoms with van der Waals surface area (Å²) in [5, 5.41) is 2.84. The van der Waals surface area contributed by atoms with E-state index in [1.54, 1.807) is 16.7 Å². The first-order chi connectivity index (χ1) is 13.1. The molecule has 3 aromatic rings. The highest BCUT2D eigenvalue weighted by Gasteiger charge is 2.15. The van der Waals surface area contributed by atoms with Crippen molar-refractivity contribution in [2.24, 2.45) is 0 Å². The Morgan fingerprint density at radius 1 is 1.11 bits per heavy atom. The van der Waals surface area contributed by atoms with Gasteiger partial charge >= 0.3 is 0 Å². The fourth-order valence-electron chi connectivity index (χ4n) is 2.82.